The monoisotopic (exact) mass is 311 g/mol. The molecule has 0 spiro atoms. The lowest BCUT2D eigenvalue weighted by Gasteiger charge is -2.35. The zero-order chi connectivity index (χ0) is 15.3. The first-order chi connectivity index (χ1) is 10.1. The Morgan fingerprint density at radius 2 is 2.10 bits per heavy atom. The van der Waals surface area contributed by atoms with Crippen LogP contribution in [0, 0.1) is 5.92 Å². The lowest BCUT2D eigenvalue weighted by Crippen LogP contribution is -2.40. The van der Waals surface area contributed by atoms with Crippen LogP contribution < -0.4 is 14.9 Å². The molecule has 21 heavy (non-hydrogen) atoms. The highest BCUT2D eigenvalue weighted by Crippen LogP contribution is 2.28. The fourth-order valence-electron chi connectivity index (χ4n) is 2.85. The van der Waals surface area contributed by atoms with Gasteiger partial charge < -0.3 is 10.2 Å². The van der Waals surface area contributed by atoms with Gasteiger partial charge >= 0.3 is 0 Å². The third-order valence-electron chi connectivity index (χ3n) is 3.97. The summed E-state index contributed by atoms with van der Waals surface area (Å²) in [5, 5.41) is 3.39. The molecule has 0 saturated carbocycles. The van der Waals surface area contributed by atoms with Crippen molar-refractivity contribution in [2.45, 2.75) is 24.7 Å². The van der Waals surface area contributed by atoms with Gasteiger partial charge in [0.25, 0.3) is 0 Å². The molecule has 1 saturated heterocycles. The molecular formula is C15H25N3O2S. The van der Waals surface area contributed by atoms with Gasteiger partial charge in [-0.25, -0.2) is 13.1 Å². The van der Waals surface area contributed by atoms with Crippen LogP contribution in [-0.4, -0.2) is 41.6 Å². The summed E-state index contributed by atoms with van der Waals surface area (Å²) in [6.07, 6.45) is 2.30. The lowest BCUT2D eigenvalue weighted by atomic mass is 9.97. The summed E-state index contributed by atoms with van der Waals surface area (Å²) in [5.41, 5.74) is 0.813. The van der Waals surface area contributed by atoms with E-state index in [1.807, 2.05) is 12.1 Å². The van der Waals surface area contributed by atoms with Gasteiger partial charge in [-0.3, -0.25) is 0 Å². The van der Waals surface area contributed by atoms with Gasteiger partial charge in [0.15, 0.2) is 0 Å². The van der Waals surface area contributed by atoms with Gasteiger partial charge in [-0.15, -0.1) is 0 Å². The van der Waals surface area contributed by atoms with Gasteiger partial charge in [0.2, 0.25) is 10.0 Å². The number of hydrogen-bond donors (Lipinski definition) is 2. The Kier molecular flexibility index (Phi) is 5.61. The topological polar surface area (TPSA) is 61.4 Å². The summed E-state index contributed by atoms with van der Waals surface area (Å²) in [5.74, 6) is 0.573. The molecule has 5 nitrogen and oxygen atoms in total. The maximum Gasteiger partial charge on any atom is 0.242 e. The molecule has 2 rings (SSSR count). The maximum atomic E-state index is 12.2. The summed E-state index contributed by atoms with van der Waals surface area (Å²) >= 11 is 0. The van der Waals surface area contributed by atoms with Gasteiger partial charge in [-0.1, -0.05) is 19.1 Å². The molecule has 1 atom stereocenters. The summed E-state index contributed by atoms with van der Waals surface area (Å²) in [6.45, 7) is 5.90. The average molecular weight is 311 g/mol. The minimum Gasteiger partial charge on any atom is -0.370 e. The third-order valence-corrected chi connectivity index (χ3v) is 5.43. The van der Waals surface area contributed by atoms with E-state index in [0.717, 1.165) is 38.3 Å². The third kappa shape index (κ3) is 3.96. The number of rotatable bonds is 6. The Labute approximate surface area is 127 Å². The van der Waals surface area contributed by atoms with E-state index in [1.54, 1.807) is 12.1 Å². The van der Waals surface area contributed by atoms with E-state index >= 15 is 0 Å². The molecular weight excluding hydrogens is 286 g/mol. The van der Waals surface area contributed by atoms with Crippen molar-refractivity contribution in [3.63, 3.8) is 0 Å². The fourth-order valence-corrected chi connectivity index (χ4v) is 3.80. The molecule has 1 heterocycles. The Bertz CT molecular complexity index is 560. The average Bonchev–Trinajstić information content (AvgIpc) is 2.53. The van der Waals surface area contributed by atoms with E-state index in [-0.39, 0.29) is 0 Å². The van der Waals surface area contributed by atoms with Crippen LogP contribution in [-0.2, 0) is 10.0 Å². The van der Waals surface area contributed by atoms with Crippen molar-refractivity contribution in [3.05, 3.63) is 24.3 Å². The minimum atomic E-state index is -3.42. The van der Waals surface area contributed by atoms with Crippen molar-refractivity contribution in [1.29, 1.82) is 0 Å². The van der Waals surface area contributed by atoms with Gasteiger partial charge in [-0.2, -0.15) is 0 Å². The zero-order valence-corrected chi connectivity index (χ0v) is 13.6. The number of hydrogen-bond acceptors (Lipinski definition) is 4. The normalized spacial score (nSPS) is 19.7. The van der Waals surface area contributed by atoms with Gasteiger partial charge in [-0.05, 0) is 51.0 Å². The van der Waals surface area contributed by atoms with Crippen LogP contribution in [0.4, 0.5) is 5.69 Å². The first-order valence-corrected chi connectivity index (χ1v) is 9.05. The molecule has 0 aromatic heterocycles. The Morgan fingerprint density at radius 1 is 1.33 bits per heavy atom. The molecule has 6 heteroatoms. The van der Waals surface area contributed by atoms with Crippen LogP contribution in [0.15, 0.2) is 29.2 Å². The summed E-state index contributed by atoms with van der Waals surface area (Å²) in [7, 11) is -1.97. The smallest absolute Gasteiger partial charge is 0.242 e. The zero-order valence-electron chi connectivity index (χ0n) is 12.8. The predicted octanol–water partition coefficient (Wildman–Crippen LogP) is 1.42. The molecule has 1 aliphatic heterocycles. The van der Waals surface area contributed by atoms with E-state index < -0.39 is 10.0 Å². The largest absolute Gasteiger partial charge is 0.370 e. The molecule has 0 bridgehead atoms. The van der Waals surface area contributed by atoms with Crippen LogP contribution in [0.5, 0.6) is 0 Å². The molecule has 1 fully saturated rings. The van der Waals surface area contributed by atoms with Crippen LogP contribution >= 0.6 is 0 Å². The highest BCUT2D eigenvalue weighted by molar-refractivity contribution is 7.89. The first kappa shape index (κ1) is 16.3. The van der Waals surface area contributed by atoms with Crippen LogP contribution in [0.25, 0.3) is 0 Å². The lowest BCUT2D eigenvalue weighted by molar-refractivity contribution is 0.394. The van der Waals surface area contributed by atoms with Crippen LogP contribution in [0.2, 0.25) is 0 Å². The number of piperidine rings is 1. The van der Waals surface area contributed by atoms with Crippen molar-refractivity contribution >= 4 is 15.7 Å². The maximum absolute atomic E-state index is 12.2. The molecule has 0 radical (unpaired) electrons. The highest BCUT2D eigenvalue weighted by atomic mass is 32.2. The van der Waals surface area contributed by atoms with Crippen LogP contribution in [0.3, 0.4) is 0 Å². The molecule has 0 amide bonds. The molecule has 118 valence electrons. The summed E-state index contributed by atoms with van der Waals surface area (Å²) in [4.78, 5) is 2.58. The molecule has 1 aromatic carbocycles. The Morgan fingerprint density at radius 3 is 2.81 bits per heavy atom. The predicted molar refractivity (Wildman–Crippen MR) is 86.2 cm³/mol. The number of nitrogens with one attached hydrogen (secondary N) is 2. The Balaban J connectivity index is 2.22. The molecule has 1 aromatic rings. The van der Waals surface area contributed by atoms with Crippen LogP contribution in [0.1, 0.15) is 19.8 Å². The second-order valence-electron chi connectivity index (χ2n) is 5.44. The number of anilines is 1. The molecule has 2 N–H and O–H groups in total. The molecule has 1 aliphatic rings. The van der Waals surface area contributed by atoms with Gasteiger partial charge in [0.1, 0.15) is 4.90 Å². The van der Waals surface area contributed by atoms with E-state index in [1.165, 1.54) is 13.5 Å². The van der Waals surface area contributed by atoms with E-state index in [9.17, 15) is 8.42 Å². The number of para-hydroxylation sites is 1. The van der Waals surface area contributed by atoms with Crippen molar-refractivity contribution in [2.75, 3.05) is 38.1 Å². The van der Waals surface area contributed by atoms with Gasteiger partial charge in [0.05, 0.1) is 5.69 Å². The molecule has 1 unspecified atom stereocenters. The van der Waals surface area contributed by atoms with Gasteiger partial charge in [0, 0.05) is 13.1 Å². The van der Waals surface area contributed by atoms with E-state index in [2.05, 4.69) is 21.9 Å². The molecule has 0 aliphatic carbocycles. The second kappa shape index (κ2) is 7.24. The van der Waals surface area contributed by atoms with Crippen molar-refractivity contribution in [2.24, 2.45) is 5.92 Å². The minimum absolute atomic E-state index is 0.372. The van der Waals surface area contributed by atoms with Crippen molar-refractivity contribution in [3.8, 4) is 0 Å². The van der Waals surface area contributed by atoms with Crippen molar-refractivity contribution < 1.29 is 8.42 Å². The fraction of sp³-hybridized carbons (Fsp3) is 0.600. The second-order valence-corrected chi connectivity index (χ2v) is 7.29. The first-order valence-electron chi connectivity index (χ1n) is 7.56. The summed E-state index contributed by atoms with van der Waals surface area (Å²) in [6, 6.07) is 7.25. The number of benzene rings is 1. The quantitative estimate of drug-likeness (QED) is 0.834. The summed E-state index contributed by atoms with van der Waals surface area (Å²) < 4.78 is 26.8. The SMILES string of the molecule is CCNCC1CCCN(c2ccccc2S(=O)(=O)NC)C1. The Hall–Kier alpha value is -1.11. The highest BCUT2D eigenvalue weighted by Gasteiger charge is 2.24. The number of sulfonamides is 1. The number of nitrogens with zero attached hydrogens (tertiary/aromatic N) is 1. The van der Waals surface area contributed by atoms with E-state index in [4.69, 9.17) is 0 Å². The standard InChI is InChI=1S/C15H25N3O2S/c1-3-17-11-13-7-6-10-18(12-13)14-8-4-5-9-15(14)21(19,20)16-2/h4-5,8-9,13,16-17H,3,6-7,10-12H2,1-2H3. The van der Waals surface area contributed by atoms with Crippen molar-refractivity contribution in [1.82, 2.24) is 10.0 Å². The van der Waals surface area contributed by atoms with E-state index in [0.29, 0.717) is 10.8 Å².